The highest BCUT2D eigenvalue weighted by molar-refractivity contribution is 6.30. The van der Waals surface area contributed by atoms with Crippen LogP contribution in [0.4, 0.5) is 0 Å². The number of aryl methyl sites for hydroxylation is 1. The van der Waals surface area contributed by atoms with Crippen LogP contribution in [0.2, 0.25) is 5.02 Å². The minimum atomic E-state index is -0.983. The summed E-state index contributed by atoms with van der Waals surface area (Å²) < 4.78 is 5.17. The third-order valence-corrected chi connectivity index (χ3v) is 4.19. The minimum absolute atomic E-state index is 0.121. The van der Waals surface area contributed by atoms with Crippen LogP contribution in [0.25, 0.3) is 6.08 Å². The van der Waals surface area contributed by atoms with Gasteiger partial charge < -0.3 is 9.72 Å². The van der Waals surface area contributed by atoms with Gasteiger partial charge in [0.15, 0.2) is 11.9 Å². The van der Waals surface area contributed by atoms with E-state index in [2.05, 4.69) is 4.98 Å². The average molecular weight is 374 g/mol. The lowest BCUT2D eigenvalue weighted by Gasteiger charge is -2.10. The first kappa shape index (κ1) is 19.7. The number of esters is 1. The van der Waals surface area contributed by atoms with Crippen molar-refractivity contribution in [3.05, 3.63) is 63.4 Å². The number of nitrogens with one attached hydrogen (secondary N) is 1. The first-order valence-corrected chi connectivity index (χ1v) is 8.47. The van der Waals surface area contributed by atoms with E-state index in [0.29, 0.717) is 21.8 Å². The van der Waals surface area contributed by atoms with Crippen LogP contribution in [0.1, 0.15) is 51.5 Å². The largest absolute Gasteiger partial charge is 0.451 e. The van der Waals surface area contributed by atoms with E-state index in [1.807, 2.05) is 0 Å². The number of aromatic nitrogens is 1. The lowest BCUT2D eigenvalue weighted by molar-refractivity contribution is -0.140. The standard InChI is InChI=1S/C20H20ClNO4/c1-11-18(13(3)23)12(2)22-19(11)20(25)14(4)26-17(24)9-8-15-6-5-7-16(21)10-15/h5-10,14,22H,1-4H3/b9-8+/t14-/m0/s1. The molecule has 0 amide bonds. The Morgan fingerprint density at radius 1 is 1.23 bits per heavy atom. The van der Waals surface area contributed by atoms with Gasteiger partial charge in [-0.25, -0.2) is 4.79 Å². The minimum Gasteiger partial charge on any atom is -0.451 e. The van der Waals surface area contributed by atoms with Gasteiger partial charge in [-0.1, -0.05) is 23.7 Å². The zero-order valence-corrected chi connectivity index (χ0v) is 15.8. The van der Waals surface area contributed by atoms with Gasteiger partial charge in [0.2, 0.25) is 5.78 Å². The maximum Gasteiger partial charge on any atom is 0.331 e. The summed E-state index contributed by atoms with van der Waals surface area (Å²) in [6, 6.07) is 6.99. The average Bonchev–Trinajstić information content (AvgIpc) is 2.86. The van der Waals surface area contributed by atoms with Crippen LogP contribution < -0.4 is 0 Å². The molecule has 2 aromatic rings. The van der Waals surface area contributed by atoms with Gasteiger partial charge in [0.25, 0.3) is 0 Å². The van der Waals surface area contributed by atoms with E-state index in [0.717, 1.165) is 5.56 Å². The van der Waals surface area contributed by atoms with Crippen molar-refractivity contribution >= 4 is 35.2 Å². The van der Waals surface area contributed by atoms with Crippen molar-refractivity contribution in [3.63, 3.8) is 0 Å². The molecule has 1 atom stereocenters. The van der Waals surface area contributed by atoms with Crippen molar-refractivity contribution in [2.24, 2.45) is 0 Å². The number of Topliss-reactive ketones (excluding diaryl/α,β-unsaturated/α-hetero) is 2. The molecule has 1 aromatic carbocycles. The Bertz CT molecular complexity index is 895. The van der Waals surface area contributed by atoms with Gasteiger partial charge >= 0.3 is 5.97 Å². The fourth-order valence-electron chi connectivity index (χ4n) is 2.77. The van der Waals surface area contributed by atoms with Crippen LogP contribution in [-0.2, 0) is 9.53 Å². The molecule has 2 rings (SSSR count). The second-order valence-corrected chi connectivity index (χ2v) is 6.45. The predicted octanol–water partition coefficient (Wildman–Crippen LogP) is 4.32. The zero-order valence-electron chi connectivity index (χ0n) is 15.1. The number of hydrogen-bond donors (Lipinski definition) is 1. The predicted molar refractivity (Wildman–Crippen MR) is 101 cm³/mol. The molecule has 0 saturated carbocycles. The zero-order chi connectivity index (χ0) is 19.4. The van der Waals surface area contributed by atoms with E-state index in [9.17, 15) is 14.4 Å². The molecule has 1 N–H and O–H groups in total. The van der Waals surface area contributed by atoms with Gasteiger partial charge in [0.05, 0.1) is 5.69 Å². The molecule has 5 nitrogen and oxygen atoms in total. The monoisotopic (exact) mass is 373 g/mol. The van der Waals surface area contributed by atoms with E-state index >= 15 is 0 Å². The Balaban J connectivity index is 2.08. The highest BCUT2D eigenvalue weighted by Crippen LogP contribution is 2.20. The Morgan fingerprint density at radius 3 is 2.50 bits per heavy atom. The summed E-state index contributed by atoms with van der Waals surface area (Å²) in [6.07, 6.45) is 1.81. The smallest absolute Gasteiger partial charge is 0.331 e. The number of ketones is 2. The number of halogens is 1. The topological polar surface area (TPSA) is 76.2 Å². The molecule has 0 radical (unpaired) electrons. The van der Waals surface area contributed by atoms with Gasteiger partial charge in [-0.2, -0.15) is 0 Å². The molecule has 1 aromatic heterocycles. The molecule has 0 aliphatic rings. The van der Waals surface area contributed by atoms with Crippen LogP contribution >= 0.6 is 11.6 Å². The summed E-state index contributed by atoms with van der Waals surface area (Å²) in [7, 11) is 0. The van der Waals surface area contributed by atoms with Crippen molar-refractivity contribution in [3.8, 4) is 0 Å². The summed E-state index contributed by atoms with van der Waals surface area (Å²) >= 11 is 5.88. The van der Waals surface area contributed by atoms with E-state index in [4.69, 9.17) is 16.3 Å². The van der Waals surface area contributed by atoms with Crippen LogP contribution in [0, 0.1) is 13.8 Å². The third kappa shape index (κ3) is 4.49. The van der Waals surface area contributed by atoms with Crippen molar-refractivity contribution in [1.29, 1.82) is 0 Å². The maximum absolute atomic E-state index is 12.5. The van der Waals surface area contributed by atoms with Gasteiger partial charge in [0.1, 0.15) is 0 Å². The highest BCUT2D eigenvalue weighted by atomic mass is 35.5. The summed E-state index contributed by atoms with van der Waals surface area (Å²) in [5.74, 6) is -1.15. The number of hydrogen-bond acceptors (Lipinski definition) is 4. The normalized spacial score (nSPS) is 12.2. The number of aromatic amines is 1. The van der Waals surface area contributed by atoms with Gasteiger partial charge in [-0.15, -0.1) is 0 Å². The Hall–Kier alpha value is -2.66. The number of H-pyrrole nitrogens is 1. The molecule has 0 bridgehead atoms. The summed E-state index contributed by atoms with van der Waals surface area (Å²) in [5, 5.41) is 0.558. The van der Waals surface area contributed by atoms with Gasteiger partial charge in [0, 0.05) is 22.4 Å². The highest BCUT2D eigenvalue weighted by Gasteiger charge is 2.25. The molecule has 6 heteroatoms. The summed E-state index contributed by atoms with van der Waals surface area (Å²) in [6.45, 7) is 6.37. The third-order valence-electron chi connectivity index (χ3n) is 3.96. The van der Waals surface area contributed by atoms with E-state index in [1.54, 1.807) is 44.2 Å². The summed E-state index contributed by atoms with van der Waals surface area (Å²) in [5.41, 5.74) is 2.71. The van der Waals surface area contributed by atoms with Gasteiger partial charge in [-0.3, -0.25) is 9.59 Å². The van der Waals surface area contributed by atoms with Crippen molar-refractivity contribution in [2.75, 3.05) is 0 Å². The molecule has 0 aliphatic carbocycles. The SMILES string of the molecule is CC(=O)c1c(C)[nH]c(C(=O)[C@H](C)OC(=O)/C=C/c2cccc(Cl)c2)c1C. The van der Waals surface area contributed by atoms with E-state index in [-0.39, 0.29) is 17.3 Å². The van der Waals surface area contributed by atoms with Crippen molar-refractivity contribution in [1.82, 2.24) is 4.98 Å². The molecule has 1 heterocycles. The van der Waals surface area contributed by atoms with Crippen LogP contribution in [0.5, 0.6) is 0 Å². The molecule has 0 fully saturated rings. The second kappa shape index (κ2) is 8.15. The number of rotatable bonds is 6. The fraction of sp³-hybridized carbons (Fsp3) is 0.250. The molecular weight excluding hydrogens is 354 g/mol. The Kier molecular flexibility index (Phi) is 6.16. The molecule has 0 spiro atoms. The Morgan fingerprint density at radius 2 is 1.92 bits per heavy atom. The molecule has 136 valence electrons. The lowest BCUT2D eigenvalue weighted by atomic mass is 10.0. The van der Waals surface area contributed by atoms with E-state index < -0.39 is 12.1 Å². The fourth-order valence-corrected chi connectivity index (χ4v) is 2.97. The first-order chi connectivity index (χ1) is 12.2. The van der Waals surface area contributed by atoms with Crippen LogP contribution in [-0.4, -0.2) is 28.6 Å². The number of carbonyl (C=O) groups excluding carboxylic acids is 3. The number of carbonyl (C=O) groups is 3. The van der Waals surface area contributed by atoms with E-state index in [1.165, 1.54) is 19.9 Å². The van der Waals surface area contributed by atoms with Crippen molar-refractivity contribution in [2.45, 2.75) is 33.8 Å². The van der Waals surface area contributed by atoms with Crippen LogP contribution in [0.3, 0.4) is 0 Å². The quantitative estimate of drug-likeness (QED) is 0.465. The maximum atomic E-state index is 12.5. The first-order valence-electron chi connectivity index (χ1n) is 8.09. The molecular formula is C20H20ClNO4. The summed E-state index contributed by atoms with van der Waals surface area (Å²) in [4.78, 5) is 39.1. The Labute approximate surface area is 157 Å². The number of ether oxygens (including phenoxy) is 1. The van der Waals surface area contributed by atoms with Crippen molar-refractivity contribution < 1.29 is 19.1 Å². The van der Waals surface area contributed by atoms with Crippen LogP contribution in [0.15, 0.2) is 30.3 Å². The van der Waals surface area contributed by atoms with Gasteiger partial charge in [-0.05, 0) is 57.0 Å². The lowest BCUT2D eigenvalue weighted by Crippen LogP contribution is -2.24. The molecule has 0 saturated heterocycles. The number of benzene rings is 1. The molecule has 0 aliphatic heterocycles. The molecule has 26 heavy (non-hydrogen) atoms. The molecule has 0 unspecified atom stereocenters. The second-order valence-electron chi connectivity index (χ2n) is 6.01.